The van der Waals surface area contributed by atoms with Crippen LogP contribution >= 0.6 is 15.9 Å². The van der Waals surface area contributed by atoms with Gasteiger partial charge in [-0.3, -0.25) is 0 Å². The first-order chi connectivity index (χ1) is 7.68. The van der Waals surface area contributed by atoms with Crippen LogP contribution in [-0.2, 0) is 4.74 Å². The van der Waals surface area contributed by atoms with Crippen LogP contribution in [0.15, 0.2) is 22.7 Å². The zero-order valence-electron chi connectivity index (χ0n) is 9.58. The Labute approximate surface area is 105 Å². The van der Waals surface area contributed by atoms with Crippen LogP contribution in [-0.4, -0.2) is 13.2 Å². The largest absolute Gasteiger partial charge is 0.381 e. The van der Waals surface area contributed by atoms with E-state index >= 15 is 0 Å². The standard InChI is InChI=1S/C13H18BrNO/c1-9-2-3-11(12(14)8-9)13(15)10-4-6-16-7-5-10/h2-3,8,10,13H,4-7,15H2,1H3/t13-/m1/s1. The molecule has 0 bridgehead atoms. The van der Waals surface area contributed by atoms with Gasteiger partial charge in [0.05, 0.1) is 0 Å². The van der Waals surface area contributed by atoms with E-state index in [4.69, 9.17) is 10.5 Å². The minimum Gasteiger partial charge on any atom is -0.381 e. The fourth-order valence-electron chi connectivity index (χ4n) is 2.23. The minimum atomic E-state index is 0.124. The van der Waals surface area contributed by atoms with E-state index in [0.717, 1.165) is 30.5 Å². The second kappa shape index (κ2) is 5.30. The number of halogens is 1. The summed E-state index contributed by atoms with van der Waals surface area (Å²) in [6.45, 7) is 3.79. The van der Waals surface area contributed by atoms with Crippen molar-refractivity contribution in [1.29, 1.82) is 0 Å². The van der Waals surface area contributed by atoms with Gasteiger partial charge in [0.25, 0.3) is 0 Å². The molecule has 0 aromatic heterocycles. The smallest absolute Gasteiger partial charge is 0.0469 e. The third-order valence-corrected chi connectivity index (χ3v) is 3.98. The zero-order chi connectivity index (χ0) is 11.5. The molecule has 0 amide bonds. The maximum atomic E-state index is 6.34. The van der Waals surface area contributed by atoms with Crippen molar-refractivity contribution in [2.75, 3.05) is 13.2 Å². The van der Waals surface area contributed by atoms with Crippen molar-refractivity contribution in [3.8, 4) is 0 Å². The fourth-order valence-corrected chi connectivity index (χ4v) is 2.99. The SMILES string of the molecule is Cc1ccc([C@H](N)C2CCOCC2)c(Br)c1. The predicted octanol–water partition coefficient (Wildman–Crippen LogP) is 3.18. The van der Waals surface area contributed by atoms with Crippen LogP contribution in [0.2, 0.25) is 0 Å². The summed E-state index contributed by atoms with van der Waals surface area (Å²) in [5.74, 6) is 0.549. The Morgan fingerprint density at radius 3 is 2.69 bits per heavy atom. The van der Waals surface area contributed by atoms with Crippen molar-refractivity contribution in [3.05, 3.63) is 33.8 Å². The molecular formula is C13H18BrNO. The van der Waals surface area contributed by atoms with E-state index in [2.05, 4.69) is 41.1 Å². The molecule has 0 radical (unpaired) electrons. The molecule has 2 rings (SSSR count). The molecule has 1 atom stereocenters. The van der Waals surface area contributed by atoms with Gasteiger partial charge in [-0.25, -0.2) is 0 Å². The van der Waals surface area contributed by atoms with Crippen LogP contribution in [0.5, 0.6) is 0 Å². The number of hydrogen-bond donors (Lipinski definition) is 1. The van der Waals surface area contributed by atoms with Crippen molar-refractivity contribution in [2.45, 2.75) is 25.8 Å². The second-order valence-corrected chi connectivity index (χ2v) is 5.35. The molecule has 16 heavy (non-hydrogen) atoms. The van der Waals surface area contributed by atoms with Gasteiger partial charge in [0.2, 0.25) is 0 Å². The van der Waals surface area contributed by atoms with E-state index < -0.39 is 0 Å². The maximum Gasteiger partial charge on any atom is 0.0469 e. The molecule has 1 saturated heterocycles. The first kappa shape index (κ1) is 12.1. The second-order valence-electron chi connectivity index (χ2n) is 4.50. The van der Waals surface area contributed by atoms with E-state index in [-0.39, 0.29) is 6.04 Å². The fraction of sp³-hybridized carbons (Fsp3) is 0.538. The molecule has 1 aromatic rings. The number of aryl methyl sites for hydroxylation is 1. The first-order valence-electron chi connectivity index (χ1n) is 5.78. The van der Waals surface area contributed by atoms with Gasteiger partial charge in [-0.15, -0.1) is 0 Å². The predicted molar refractivity (Wildman–Crippen MR) is 69.4 cm³/mol. The molecular weight excluding hydrogens is 266 g/mol. The van der Waals surface area contributed by atoms with E-state index in [1.54, 1.807) is 0 Å². The van der Waals surface area contributed by atoms with Gasteiger partial charge in [-0.1, -0.05) is 28.1 Å². The highest BCUT2D eigenvalue weighted by Crippen LogP contribution is 2.32. The zero-order valence-corrected chi connectivity index (χ0v) is 11.2. The van der Waals surface area contributed by atoms with Gasteiger partial charge in [0, 0.05) is 23.7 Å². The summed E-state index contributed by atoms with van der Waals surface area (Å²) < 4.78 is 6.50. The summed E-state index contributed by atoms with van der Waals surface area (Å²) in [7, 11) is 0. The lowest BCUT2D eigenvalue weighted by atomic mass is 9.87. The summed E-state index contributed by atoms with van der Waals surface area (Å²) in [6.07, 6.45) is 2.14. The minimum absolute atomic E-state index is 0.124. The number of rotatable bonds is 2. The van der Waals surface area contributed by atoms with Crippen LogP contribution < -0.4 is 5.73 Å². The molecule has 88 valence electrons. The monoisotopic (exact) mass is 283 g/mol. The highest BCUT2D eigenvalue weighted by atomic mass is 79.9. The van der Waals surface area contributed by atoms with Gasteiger partial charge in [0.15, 0.2) is 0 Å². The summed E-state index contributed by atoms with van der Waals surface area (Å²) in [5, 5.41) is 0. The van der Waals surface area contributed by atoms with E-state index in [1.165, 1.54) is 11.1 Å². The number of nitrogens with two attached hydrogens (primary N) is 1. The topological polar surface area (TPSA) is 35.2 Å². The van der Waals surface area contributed by atoms with Crippen LogP contribution in [0.1, 0.15) is 30.0 Å². The Morgan fingerprint density at radius 1 is 1.38 bits per heavy atom. The Balaban J connectivity index is 2.15. The molecule has 1 fully saturated rings. The van der Waals surface area contributed by atoms with Gasteiger partial charge in [-0.05, 0) is 42.9 Å². The lowest BCUT2D eigenvalue weighted by molar-refractivity contribution is 0.0583. The van der Waals surface area contributed by atoms with Crippen molar-refractivity contribution in [2.24, 2.45) is 11.7 Å². The summed E-state index contributed by atoms with van der Waals surface area (Å²) in [5.41, 5.74) is 8.81. The highest BCUT2D eigenvalue weighted by molar-refractivity contribution is 9.10. The summed E-state index contributed by atoms with van der Waals surface area (Å²) >= 11 is 3.60. The third kappa shape index (κ3) is 2.65. The van der Waals surface area contributed by atoms with E-state index in [1.807, 2.05) is 0 Å². The molecule has 2 nitrogen and oxygen atoms in total. The van der Waals surface area contributed by atoms with Crippen LogP contribution in [0.25, 0.3) is 0 Å². The Hall–Kier alpha value is -0.380. The van der Waals surface area contributed by atoms with Crippen molar-refractivity contribution < 1.29 is 4.74 Å². The molecule has 1 aromatic carbocycles. The summed E-state index contributed by atoms with van der Waals surface area (Å²) in [4.78, 5) is 0. The van der Waals surface area contributed by atoms with Crippen LogP contribution in [0, 0.1) is 12.8 Å². The molecule has 0 spiro atoms. The third-order valence-electron chi connectivity index (χ3n) is 3.29. The number of benzene rings is 1. The Kier molecular flexibility index (Phi) is 4.00. The number of ether oxygens (including phenoxy) is 1. The lowest BCUT2D eigenvalue weighted by Gasteiger charge is -2.28. The van der Waals surface area contributed by atoms with Crippen molar-refractivity contribution >= 4 is 15.9 Å². The molecule has 1 aliphatic rings. The maximum absolute atomic E-state index is 6.34. The summed E-state index contributed by atoms with van der Waals surface area (Å²) in [6, 6.07) is 6.52. The molecule has 3 heteroatoms. The van der Waals surface area contributed by atoms with Crippen molar-refractivity contribution in [3.63, 3.8) is 0 Å². The van der Waals surface area contributed by atoms with Crippen LogP contribution in [0.4, 0.5) is 0 Å². The highest BCUT2D eigenvalue weighted by Gasteiger charge is 2.23. The Bertz CT molecular complexity index is 361. The van der Waals surface area contributed by atoms with Gasteiger partial charge in [-0.2, -0.15) is 0 Å². The molecule has 2 N–H and O–H groups in total. The number of hydrogen-bond acceptors (Lipinski definition) is 2. The average Bonchev–Trinajstić information content (AvgIpc) is 2.29. The molecule has 1 heterocycles. The average molecular weight is 284 g/mol. The first-order valence-corrected chi connectivity index (χ1v) is 6.57. The molecule has 0 unspecified atom stereocenters. The Morgan fingerprint density at radius 2 is 2.06 bits per heavy atom. The normalized spacial score (nSPS) is 19.7. The molecule has 0 aliphatic carbocycles. The van der Waals surface area contributed by atoms with Gasteiger partial charge < -0.3 is 10.5 Å². The lowest BCUT2D eigenvalue weighted by Crippen LogP contribution is -2.27. The molecule has 0 saturated carbocycles. The van der Waals surface area contributed by atoms with Gasteiger partial charge >= 0.3 is 0 Å². The van der Waals surface area contributed by atoms with E-state index in [9.17, 15) is 0 Å². The van der Waals surface area contributed by atoms with Gasteiger partial charge in [0.1, 0.15) is 0 Å². The quantitative estimate of drug-likeness (QED) is 0.905. The molecule has 1 aliphatic heterocycles. The van der Waals surface area contributed by atoms with Crippen LogP contribution in [0.3, 0.4) is 0 Å². The van der Waals surface area contributed by atoms with E-state index in [0.29, 0.717) is 5.92 Å². The van der Waals surface area contributed by atoms with Crippen molar-refractivity contribution in [1.82, 2.24) is 0 Å².